The van der Waals surface area contributed by atoms with Crippen molar-refractivity contribution in [1.82, 2.24) is 20.0 Å². The van der Waals surface area contributed by atoms with Gasteiger partial charge in [-0.25, -0.2) is 9.67 Å². The van der Waals surface area contributed by atoms with Crippen molar-refractivity contribution in [2.24, 2.45) is 0 Å². The van der Waals surface area contributed by atoms with Gasteiger partial charge in [0.15, 0.2) is 0 Å². The zero-order valence-corrected chi connectivity index (χ0v) is 11.6. The molecule has 0 saturated heterocycles. The molecule has 18 heavy (non-hydrogen) atoms. The van der Waals surface area contributed by atoms with E-state index in [2.05, 4.69) is 31.2 Å². The van der Waals surface area contributed by atoms with Crippen LogP contribution in [-0.4, -0.2) is 20.0 Å². The minimum Gasteiger partial charge on any atom is -0.244 e. The van der Waals surface area contributed by atoms with Gasteiger partial charge in [0.1, 0.15) is 10.7 Å². The molecule has 0 aliphatic heterocycles. The van der Waals surface area contributed by atoms with Crippen LogP contribution < -0.4 is 0 Å². The van der Waals surface area contributed by atoms with Gasteiger partial charge in [0, 0.05) is 10.7 Å². The second kappa shape index (κ2) is 4.66. The van der Waals surface area contributed by atoms with Gasteiger partial charge in [-0.3, -0.25) is 0 Å². The highest BCUT2D eigenvalue weighted by molar-refractivity contribution is 9.10. The van der Waals surface area contributed by atoms with E-state index in [1.54, 1.807) is 12.3 Å². The summed E-state index contributed by atoms with van der Waals surface area (Å²) in [5, 5.41) is 8.79. The SMILES string of the molecule is Clc1ccc(Cn2nnc3c(Br)cccc32)cn1. The van der Waals surface area contributed by atoms with Crippen molar-refractivity contribution >= 4 is 38.6 Å². The van der Waals surface area contributed by atoms with Crippen molar-refractivity contribution in [3.63, 3.8) is 0 Å². The summed E-state index contributed by atoms with van der Waals surface area (Å²) < 4.78 is 2.78. The van der Waals surface area contributed by atoms with E-state index in [1.165, 1.54) is 0 Å². The van der Waals surface area contributed by atoms with E-state index in [0.717, 1.165) is 21.1 Å². The third kappa shape index (κ3) is 2.11. The lowest BCUT2D eigenvalue weighted by atomic mass is 10.2. The summed E-state index contributed by atoms with van der Waals surface area (Å²) >= 11 is 9.22. The molecule has 2 aromatic heterocycles. The quantitative estimate of drug-likeness (QED) is 0.680. The van der Waals surface area contributed by atoms with Gasteiger partial charge in [-0.1, -0.05) is 28.9 Å². The van der Waals surface area contributed by atoms with Crippen LogP contribution in [0.25, 0.3) is 11.0 Å². The van der Waals surface area contributed by atoms with Gasteiger partial charge in [-0.05, 0) is 39.7 Å². The fourth-order valence-corrected chi connectivity index (χ4v) is 2.29. The molecular weight excluding hydrogens is 316 g/mol. The lowest BCUT2D eigenvalue weighted by molar-refractivity contribution is 0.668. The number of rotatable bonds is 2. The smallest absolute Gasteiger partial charge is 0.129 e. The second-order valence-electron chi connectivity index (χ2n) is 3.84. The molecular formula is C12H8BrClN4. The minimum absolute atomic E-state index is 0.491. The van der Waals surface area contributed by atoms with Gasteiger partial charge in [-0.2, -0.15) is 0 Å². The highest BCUT2D eigenvalue weighted by atomic mass is 79.9. The fourth-order valence-electron chi connectivity index (χ4n) is 1.75. The van der Waals surface area contributed by atoms with E-state index in [9.17, 15) is 0 Å². The Hall–Kier alpha value is -1.46. The normalized spacial score (nSPS) is 11.0. The first kappa shape index (κ1) is 11.6. The molecule has 0 unspecified atom stereocenters. The van der Waals surface area contributed by atoms with E-state index in [4.69, 9.17) is 11.6 Å². The molecule has 2 heterocycles. The van der Waals surface area contributed by atoms with Crippen LogP contribution in [0.1, 0.15) is 5.56 Å². The van der Waals surface area contributed by atoms with Crippen LogP contribution in [0.5, 0.6) is 0 Å². The molecule has 0 bridgehead atoms. The molecule has 3 aromatic rings. The molecule has 0 N–H and O–H groups in total. The molecule has 0 aliphatic rings. The van der Waals surface area contributed by atoms with Gasteiger partial charge < -0.3 is 0 Å². The van der Waals surface area contributed by atoms with Gasteiger partial charge in [-0.15, -0.1) is 5.10 Å². The first-order valence-electron chi connectivity index (χ1n) is 5.32. The largest absolute Gasteiger partial charge is 0.244 e. The van der Waals surface area contributed by atoms with Crippen LogP contribution in [0.15, 0.2) is 41.0 Å². The van der Waals surface area contributed by atoms with Gasteiger partial charge in [0.2, 0.25) is 0 Å². The van der Waals surface area contributed by atoms with Gasteiger partial charge >= 0.3 is 0 Å². The van der Waals surface area contributed by atoms with Crippen LogP contribution >= 0.6 is 27.5 Å². The van der Waals surface area contributed by atoms with Gasteiger partial charge in [0.25, 0.3) is 0 Å². The van der Waals surface area contributed by atoms with Crippen LogP contribution in [-0.2, 0) is 6.54 Å². The molecule has 6 heteroatoms. The average Bonchev–Trinajstić information content (AvgIpc) is 2.77. The van der Waals surface area contributed by atoms with Crippen molar-refractivity contribution in [3.8, 4) is 0 Å². The number of hydrogen-bond donors (Lipinski definition) is 0. The standard InChI is InChI=1S/C12H8BrClN4/c13-9-2-1-3-10-12(9)16-17-18(10)7-8-4-5-11(14)15-6-8/h1-6H,7H2. The monoisotopic (exact) mass is 322 g/mol. The Bertz CT molecular complexity index is 693. The minimum atomic E-state index is 0.491. The van der Waals surface area contributed by atoms with Crippen molar-refractivity contribution < 1.29 is 0 Å². The van der Waals surface area contributed by atoms with Crippen molar-refractivity contribution in [2.45, 2.75) is 6.54 Å². The number of benzene rings is 1. The number of pyridine rings is 1. The van der Waals surface area contributed by atoms with Crippen LogP contribution in [0.3, 0.4) is 0 Å². The molecule has 4 nitrogen and oxygen atoms in total. The van der Waals surface area contributed by atoms with Crippen molar-refractivity contribution in [3.05, 3.63) is 51.7 Å². The average molecular weight is 324 g/mol. The van der Waals surface area contributed by atoms with Crippen LogP contribution in [0.4, 0.5) is 0 Å². The zero-order chi connectivity index (χ0) is 12.5. The molecule has 90 valence electrons. The maximum atomic E-state index is 5.76. The van der Waals surface area contributed by atoms with Crippen LogP contribution in [0.2, 0.25) is 5.15 Å². The first-order chi connectivity index (χ1) is 8.74. The van der Waals surface area contributed by atoms with Crippen LogP contribution in [0, 0.1) is 0 Å². The summed E-state index contributed by atoms with van der Waals surface area (Å²) in [6.07, 6.45) is 1.74. The maximum Gasteiger partial charge on any atom is 0.129 e. The molecule has 0 fully saturated rings. The Kier molecular flexibility index (Phi) is 3.01. The summed E-state index contributed by atoms with van der Waals surface area (Å²) in [5.74, 6) is 0. The number of halogens is 2. The summed E-state index contributed by atoms with van der Waals surface area (Å²) in [6, 6.07) is 9.60. The Balaban J connectivity index is 2.00. The third-order valence-electron chi connectivity index (χ3n) is 2.62. The molecule has 0 atom stereocenters. The van der Waals surface area contributed by atoms with Gasteiger partial charge in [0.05, 0.1) is 12.1 Å². The summed E-state index contributed by atoms with van der Waals surface area (Å²) in [7, 11) is 0. The Labute approximate surface area is 117 Å². The highest BCUT2D eigenvalue weighted by Crippen LogP contribution is 2.21. The first-order valence-corrected chi connectivity index (χ1v) is 6.49. The molecule has 0 amide bonds. The fraction of sp³-hybridized carbons (Fsp3) is 0.0833. The molecule has 0 aliphatic carbocycles. The summed E-state index contributed by atoms with van der Waals surface area (Å²) in [5.41, 5.74) is 2.88. The van der Waals surface area contributed by atoms with Crippen molar-refractivity contribution in [2.75, 3.05) is 0 Å². The summed E-state index contributed by atoms with van der Waals surface area (Å²) in [6.45, 7) is 0.622. The van der Waals surface area contributed by atoms with Crippen molar-refractivity contribution in [1.29, 1.82) is 0 Å². The van der Waals surface area contributed by atoms with E-state index in [0.29, 0.717) is 11.7 Å². The summed E-state index contributed by atoms with van der Waals surface area (Å²) in [4.78, 5) is 4.05. The highest BCUT2D eigenvalue weighted by Gasteiger charge is 2.07. The molecule has 0 saturated carbocycles. The second-order valence-corrected chi connectivity index (χ2v) is 5.09. The van der Waals surface area contributed by atoms with E-state index in [-0.39, 0.29) is 0 Å². The Morgan fingerprint density at radius 2 is 2.11 bits per heavy atom. The number of aromatic nitrogens is 4. The van der Waals surface area contributed by atoms with E-state index in [1.807, 2.05) is 28.9 Å². The third-order valence-corrected chi connectivity index (χ3v) is 3.48. The molecule has 1 aromatic carbocycles. The lowest BCUT2D eigenvalue weighted by Crippen LogP contribution is -2.02. The number of nitrogens with zero attached hydrogens (tertiary/aromatic N) is 4. The molecule has 0 radical (unpaired) electrons. The lowest BCUT2D eigenvalue weighted by Gasteiger charge is -2.02. The van der Waals surface area contributed by atoms with E-state index >= 15 is 0 Å². The predicted molar refractivity (Wildman–Crippen MR) is 73.6 cm³/mol. The number of hydrogen-bond acceptors (Lipinski definition) is 3. The molecule has 0 spiro atoms. The van der Waals surface area contributed by atoms with E-state index < -0.39 is 0 Å². The Morgan fingerprint density at radius 3 is 2.89 bits per heavy atom. The number of fused-ring (bicyclic) bond motifs is 1. The maximum absolute atomic E-state index is 5.76. The predicted octanol–water partition coefficient (Wildman–Crippen LogP) is 3.29. The topological polar surface area (TPSA) is 43.6 Å². The Morgan fingerprint density at radius 1 is 1.22 bits per heavy atom. The zero-order valence-electron chi connectivity index (χ0n) is 9.22. The molecule has 3 rings (SSSR count).